The molecule has 28 heavy (non-hydrogen) atoms. The van der Waals surface area contributed by atoms with Crippen molar-refractivity contribution in [1.29, 1.82) is 0 Å². The molecule has 4 rings (SSSR count). The van der Waals surface area contributed by atoms with Gasteiger partial charge in [0.15, 0.2) is 5.11 Å². The van der Waals surface area contributed by atoms with Crippen LogP contribution in [0.2, 0.25) is 0 Å². The molecule has 3 heterocycles. The SMILES string of the molecule is Cc1ccc(N2C(=S)N[C@@H](c3ccccn3)[C@@H]2c2cc(C)n(C)c2C)cc1C. The number of nitrogens with one attached hydrogen (secondary N) is 1. The lowest BCUT2D eigenvalue weighted by atomic mass is 9.96. The van der Waals surface area contributed by atoms with Crippen LogP contribution in [0.25, 0.3) is 0 Å². The Morgan fingerprint density at radius 3 is 2.39 bits per heavy atom. The molecule has 1 fully saturated rings. The Morgan fingerprint density at radius 1 is 1.00 bits per heavy atom. The predicted molar refractivity (Wildman–Crippen MR) is 119 cm³/mol. The first-order chi connectivity index (χ1) is 13.4. The average Bonchev–Trinajstić information content (AvgIpc) is 3.16. The minimum Gasteiger partial charge on any atom is -0.352 e. The van der Waals surface area contributed by atoms with Gasteiger partial charge in [0.25, 0.3) is 0 Å². The number of hydrogen-bond donors (Lipinski definition) is 1. The number of benzene rings is 1. The molecule has 5 heteroatoms. The molecule has 144 valence electrons. The van der Waals surface area contributed by atoms with E-state index in [0.29, 0.717) is 0 Å². The summed E-state index contributed by atoms with van der Waals surface area (Å²) in [6, 6.07) is 14.9. The van der Waals surface area contributed by atoms with Crippen molar-refractivity contribution in [3.05, 3.63) is 82.4 Å². The monoisotopic (exact) mass is 390 g/mol. The van der Waals surface area contributed by atoms with Gasteiger partial charge >= 0.3 is 0 Å². The number of rotatable bonds is 3. The fourth-order valence-electron chi connectivity index (χ4n) is 4.01. The zero-order valence-corrected chi connectivity index (χ0v) is 17.8. The van der Waals surface area contributed by atoms with E-state index in [9.17, 15) is 0 Å². The first-order valence-corrected chi connectivity index (χ1v) is 10.00. The number of nitrogens with zero attached hydrogens (tertiary/aromatic N) is 3. The molecule has 0 amide bonds. The molecular formula is C23H26N4S. The summed E-state index contributed by atoms with van der Waals surface area (Å²) in [4.78, 5) is 6.89. The molecule has 0 radical (unpaired) electrons. The molecule has 1 N–H and O–H groups in total. The minimum absolute atomic E-state index is 0.00388. The topological polar surface area (TPSA) is 33.1 Å². The molecular weight excluding hydrogens is 364 g/mol. The Hall–Kier alpha value is -2.66. The van der Waals surface area contributed by atoms with Gasteiger partial charge in [0.1, 0.15) is 0 Å². The van der Waals surface area contributed by atoms with Gasteiger partial charge in [0.05, 0.1) is 17.8 Å². The van der Waals surface area contributed by atoms with Gasteiger partial charge in [-0.1, -0.05) is 12.1 Å². The third-order valence-electron chi connectivity index (χ3n) is 6.00. The summed E-state index contributed by atoms with van der Waals surface area (Å²) < 4.78 is 2.24. The number of anilines is 1. The van der Waals surface area contributed by atoms with E-state index in [-0.39, 0.29) is 12.1 Å². The smallest absolute Gasteiger partial charge is 0.174 e. The van der Waals surface area contributed by atoms with E-state index in [1.807, 2.05) is 18.3 Å². The zero-order chi connectivity index (χ0) is 20.0. The van der Waals surface area contributed by atoms with Gasteiger partial charge in [-0.3, -0.25) is 4.98 Å². The molecule has 4 nitrogen and oxygen atoms in total. The molecule has 2 atom stereocenters. The summed E-state index contributed by atoms with van der Waals surface area (Å²) in [6.45, 7) is 8.61. The van der Waals surface area contributed by atoms with Crippen molar-refractivity contribution >= 4 is 23.0 Å². The number of pyridine rings is 1. The van der Waals surface area contributed by atoms with Crippen LogP contribution in [0.1, 0.15) is 45.9 Å². The molecule has 3 aromatic rings. The van der Waals surface area contributed by atoms with Crippen LogP contribution in [0.3, 0.4) is 0 Å². The molecule has 0 bridgehead atoms. The Bertz CT molecular complexity index is 1040. The summed E-state index contributed by atoms with van der Waals surface area (Å²) in [6.07, 6.45) is 1.85. The van der Waals surface area contributed by atoms with Gasteiger partial charge in [-0.25, -0.2) is 0 Å². The Labute approximate surface area is 172 Å². The van der Waals surface area contributed by atoms with E-state index in [1.165, 1.54) is 28.1 Å². The predicted octanol–water partition coefficient (Wildman–Crippen LogP) is 4.83. The van der Waals surface area contributed by atoms with Crippen LogP contribution in [-0.4, -0.2) is 14.7 Å². The maximum absolute atomic E-state index is 5.82. The lowest BCUT2D eigenvalue weighted by Crippen LogP contribution is -2.29. The van der Waals surface area contributed by atoms with Gasteiger partial charge in [0, 0.05) is 30.3 Å². The molecule has 2 aromatic heterocycles. The molecule has 0 unspecified atom stereocenters. The lowest BCUT2D eigenvalue weighted by molar-refractivity contribution is 0.564. The van der Waals surface area contributed by atoms with Gasteiger partial charge in [-0.05, 0) is 86.9 Å². The maximum Gasteiger partial charge on any atom is 0.174 e. The second-order valence-electron chi connectivity index (χ2n) is 7.65. The minimum atomic E-state index is -0.00388. The van der Waals surface area contributed by atoms with E-state index in [0.717, 1.165) is 16.5 Å². The largest absolute Gasteiger partial charge is 0.352 e. The van der Waals surface area contributed by atoms with Crippen LogP contribution in [0.5, 0.6) is 0 Å². The highest BCUT2D eigenvalue weighted by Gasteiger charge is 2.42. The fraction of sp³-hybridized carbons (Fsp3) is 0.304. The molecule has 0 aliphatic carbocycles. The van der Waals surface area contributed by atoms with Gasteiger partial charge in [-0.15, -0.1) is 0 Å². The van der Waals surface area contributed by atoms with Crippen LogP contribution >= 0.6 is 12.2 Å². The first-order valence-electron chi connectivity index (χ1n) is 9.59. The van der Waals surface area contributed by atoms with E-state index >= 15 is 0 Å². The summed E-state index contributed by atoms with van der Waals surface area (Å²) >= 11 is 5.82. The molecule has 0 spiro atoms. The van der Waals surface area contributed by atoms with Crippen LogP contribution in [0, 0.1) is 27.7 Å². The van der Waals surface area contributed by atoms with E-state index in [1.54, 1.807) is 0 Å². The first kappa shape index (κ1) is 18.7. The lowest BCUT2D eigenvalue weighted by Gasteiger charge is -2.28. The highest BCUT2D eigenvalue weighted by atomic mass is 32.1. The standard InChI is InChI=1S/C23H26N4S/c1-14-9-10-18(12-15(14)2)27-22(19-13-16(3)26(5)17(19)4)21(25-23(27)28)20-8-6-7-11-24-20/h6-13,21-22H,1-5H3,(H,25,28)/t21-,22-/m0/s1. The number of aryl methyl sites for hydroxylation is 3. The van der Waals surface area contributed by atoms with Gasteiger partial charge < -0.3 is 14.8 Å². The van der Waals surface area contributed by atoms with Gasteiger partial charge in [0.2, 0.25) is 0 Å². The molecule has 1 saturated heterocycles. The molecule has 1 aliphatic heterocycles. The summed E-state index contributed by atoms with van der Waals surface area (Å²) in [5.41, 5.74) is 8.44. The quantitative estimate of drug-likeness (QED) is 0.649. The third-order valence-corrected chi connectivity index (χ3v) is 6.31. The van der Waals surface area contributed by atoms with Crippen molar-refractivity contribution in [2.24, 2.45) is 7.05 Å². The van der Waals surface area contributed by atoms with E-state index in [2.05, 4.69) is 84.8 Å². The van der Waals surface area contributed by atoms with E-state index < -0.39 is 0 Å². The van der Waals surface area contributed by atoms with E-state index in [4.69, 9.17) is 12.2 Å². The fourth-order valence-corrected chi connectivity index (χ4v) is 4.35. The average molecular weight is 391 g/mol. The maximum atomic E-state index is 5.82. The van der Waals surface area contributed by atoms with Gasteiger partial charge in [-0.2, -0.15) is 0 Å². The molecule has 0 saturated carbocycles. The van der Waals surface area contributed by atoms with Crippen molar-refractivity contribution in [1.82, 2.24) is 14.9 Å². The van der Waals surface area contributed by atoms with Crippen molar-refractivity contribution in [3.63, 3.8) is 0 Å². The zero-order valence-electron chi connectivity index (χ0n) is 17.0. The molecule has 1 aromatic carbocycles. The van der Waals surface area contributed by atoms with Crippen LogP contribution in [0.15, 0.2) is 48.7 Å². The van der Waals surface area contributed by atoms with Crippen molar-refractivity contribution < 1.29 is 0 Å². The van der Waals surface area contributed by atoms with Crippen LogP contribution in [0.4, 0.5) is 5.69 Å². The second-order valence-corrected chi connectivity index (χ2v) is 8.04. The summed E-state index contributed by atoms with van der Waals surface area (Å²) in [5.74, 6) is 0. The number of hydrogen-bond acceptors (Lipinski definition) is 2. The second kappa shape index (κ2) is 7.06. The number of thiocarbonyl (C=S) groups is 1. The highest BCUT2D eigenvalue weighted by molar-refractivity contribution is 7.80. The Morgan fingerprint density at radius 2 is 1.79 bits per heavy atom. The molecule has 1 aliphatic rings. The number of aromatic nitrogens is 2. The highest BCUT2D eigenvalue weighted by Crippen LogP contribution is 2.43. The van der Waals surface area contributed by atoms with Crippen molar-refractivity contribution in [2.75, 3.05) is 4.90 Å². The van der Waals surface area contributed by atoms with Crippen molar-refractivity contribution in [2.45, 2.75) is 39.8 Å². The normalized spacial score (nSPS) is 19.2. The van der Waals surface area contributed by atoms with Crippen molar-refractivity contribution in [3.8, 4) is 0 Å². The summed E-state index contributed by atoms with van der Waals surface area (Å²) in [5, 5.41) is 4.28. The third kappa shape index (κ3) is 3.00. The Kier molecular flexibility index (Phi) is 4.71. The van der Waals surface area contributed by atoms with Crippen LogP contribution < -0.4 is 10.2 Å². The summed E-state index contributed by atoms with van der Waals surface area (Å²) in [7, 11) is 2.12. The Balaban J connectivity index is 1.89. The van der Waals surface area contributed by atoms with Crippen LogP contribution in [-0.2, 0) is 7.05 Å².